The van der Waals surface area contributed by atoms with Crippen LogP contribution in [0.15, 0.2) is 46.3 Å². The maximum atomic E-state index is 12.9. The number of nitrogens with two attached hydrogens (primary N) is 1. The molecular formula is C18H18FN3O4S. The van der Waals surface area contributed by atoms with Gasteiger partial charge in [0.1, 0.15) is 11.6 Å². The predicted octanol–water partition coefficient (Wildman–Crippen LogP) is 2.44. The summed E-state index contributed by atoms with van der Waals surface area (Å²) in [6.45, 7) is 0.343. The summed E-state index contributed by atoms with van der Waals surface area (Å²) in [7, 11) is 3.00. The Morgan fingerprint density at radius 2 is 1.81 bits per heavy atom. The predicted molar refractivity (Wildman–Crippen MR) is 102 cm³/mol. The molecule has 1 aromatic heterocycles. The van der Waals surface area contributed by atoms with Crippen LogP contribution in [0, 0.1) is 5.82 Å². The second kappa shape index (κ2) is 8.17. The van der Waals surface area contributed by atoms with Crippen LogP contribution < -0.4 is 25.6 Å². The van der Waals surface area contributed by atoms with Gasteiger partial charge in [-0.1, -0.05) is 11.8 Å². The molecule has 7 nitrogen and oxygen atoms in total. The summed E-state index contributed by atoms with van der Waals surface area (Å²) in [4.78, 5) is 17.0. The number of fused-ring (bicyclic) bond motifs is 1. The van der Waals surface area contributed by atoms with E-state index in [1.54, 1.807) is 24.3 Å². The van der Waals surface area contributed by atoms with Gasteiger partial charge in [-0.15, -0.1) is 0 Å². The Labute approximate surface area is 158 Å². The first kappa shape index (κ1) is 18.8. The quantitative estimate of drug-likeness (QED) is 0.286. The van der Waals surface area contributed by atoms with Gasteiger partial charge in [0.15, 0.2) is 16.7 Å². The van der Waals surface area contributed by atoms with Crippen molar-refractivity contribution in [2.24, 2.45) is 0 Å². The van der Waals surface area contributed by atoms with Crippen molar-refractivity contribution in [3.05, 3.63) is 52.6 Å². The topological polar surface area (TPSA) is 88.6 Å². The lowest BCUT2D eigenvalue weighted by Crippen LogP contribution is -2.30. The molecule has 9 heteroatoms. The molecule has 2 aromatic carbocycles. The molecule has 0 fully saturated rings. The molecule has 0 aliphatic rings. The normalized spacial score (nSPS) is 10.8. The highest BCUT2D eigenvalue weighted by Crippen LogP contribution is 2.30. The summed E-state index contributed by atoms with van der Waals surface area (Å²) < 4.78 is 29.9. The molecule has 0 aliphatic heterocycles. The second-order valence-electron chi connectivity index (χ2n) is 5.44. The number of halogens is 1. The van der Waals surface area contributed by atoms with Crippen LogP contribution in [0.4, 0.5) is 4.39 Å². The molecule has 2 N–H and O–H groups in total. The van der Waals surface area contributed by atoms with Crippen LogP contribution >= 0.6 is 11.8 Å². The van der Waals surface area contributed by atoms with E-state index in [4.69, 9.17) is 20.1 Å². The van der Waals surface area contributed by atoms with E-state index in [-0.39, 0.29) is 11.4 Å². The first-order valence-electron chi connectivity index (χ1n) is 7.98. The van der Waals surface area contributed by atoms with E-state index in [0.29, 0.717) is 45.7 Å². The fourth-order valence-electron chi connectivity index (χ4n) is 2.43. The van der Waals surface area contributed by atoms with Crippen LogP contribution in [0.1, 0.15) is 0 Å². The molecule has 0 saturated carbocycles. The van der Waals surface area contributed by atoms with Gasteiger partial charge in [-0.3, -0.25) is 4.79 Å². The van der Waals surface area contributed by atoms with E-state index in [1.807, 2.05) is 0 Å². The van der Waals surface area contributed by atoms with Crippen LogP contribution in [-0.2, 0) is 0 Å². The van der Waals surface area contributed by atoms with Gasteiger partial charge >= 0.3 is 0 Å². The standard InChI is InChI=1S/C18H18FN3O4S/c1-24-15-9-13-14(10-16(15)25-2)21-18(22(20)17(13)23)27-8-7-26-12-5-3-11(19)4-6-12/h3-6,9-10H,7-8,20H2,1-2H3. The summed E-state index contributed by atoms with van der Waals surface area (Å²) >= 11 is 1.28. The van der Waals surface area contributed by atoms with Crippen LogP contribution in [0.5, 0.6) is 17.2 Å². The molecule has 0 unspecified atom stereocenters. The van der Waals surface area contributed by atoms with E-state index in [1.165, 1.54) is 38.1 Å². The number of nitrogens with zero attached hydrogens (tertiary/aromatic N) is 2. The highest BCUT2D eigenvalue weighted by atomic mass is 32.2. The number of methoxy groups -OCH3 is 2. The molecule has 142 valence electrons. The molecule has 0 aliphatic carbocycles. The van der Waals surface area contributed by atoms with Gasteiger partial charge in [0, 0.05) is 11.8 Å². The third-order valence-electron chi connectivity index (χ3n) is 3.77. The van der Waals surface area contributed by atoms with Crippen molar-refractivity contribution in [3.8, 4) is 17.2 Å². The molecule has 0 atom stereocenters. The van der Waals surface area contributed by atoms with Crippen LogP contribution in [0.25, 0.3) is 10.9 Å². The first-order chi connectivity index (χ1) is 13.0. The molecule has 3 aromatic rings. The summed E-state index contributed by atoms with van der Waals surface area (Å²) in [5.74, 6) is 7.53. The lowest BCUT2D eigenvalue weighted by atomic mass is 10.2. The summed E-state index contributed by atoms with van der Waals surface area (Å²) in [6, 6.07) is 8.94. The highest BCUT2D eigenvalue weighted by Gasteiger charge is 2.14. The monoisotopic (exact) mass is 391 g/mol. The molecule has 1 heterocycles. The largest absolute Gasteiger partial charge is 0.493 e. The number of aromatic nitrogens is 2. The van der Waals surface area contributed by atoms with Gasteiger partial charge < -0.3 is 20.1 Å². The molecule has 0 bridgehead atoms. The van der Waals surface area contributed by atoms with Crippen molar-refractivity contribution in [1.29, 1.82) is 0 Å². The summed E-state index contributed by atoms with van der Waals surface area (Å²) in [6.07, 6.45) is 0. The zero-order valence-corrected chi connectivity index (χ0v) is 15.6. The highest BCUT2D eigenvalue weighted by molar-refractivity contribution is 7.99. The van der Waals surface area contributed by atoms with Gasteiger partial charge in [0.25, 0.3) is 5.56 Å². The average Bonchev–Trinajstić information content (AvgIpc) is 2.69. The Hall–Kier alpha value is -2.94. The van der Waals surface area contributed by atoms with Crippen LogP contribution in [0.2, 0.25) is 0 Å². The lowest BCUT2D eigenvalue weighted by Gasteiger charge is -2.12. The number of nitrogen functional groups attached to an aromatic ring is 1. The third kappa shape index (κ3) is 4.08. The van der Waals surface area contributed by atoms with Crippen molar-refractivity contribution in [2.75, 3.05) is 32.4 Å². The van der Waals surface area contributed by atoms with Crippen LogP contribution in [-0.4, -0.2) is 36.2 Å². The zero-order chi connectivity index (χ0) is 19.4. The minimum absolute atomic E-state index is 0.323. The maximum absolute atomic E-state index is 12.9. The Kier molecular flexibility index (Phi) is 5.70. The summed E-state index contributed by atoms with van der Waals surface area (Å²) in [5, 5.41) is 0.685. The Balaban J connectivity index is 1.77. The maximum Gasteiger partial charge on any atom is 0.280 e. The molecular weight excluding hydrogens is 373 g/mol. The van der Waals surface area contributed by atoms with Crippen molar-refractivity contribution in [1.82, 2.24) is 9.66 Å². The fraction of sp³-hybridized carbons (Fsp3) is 0.222. The van der Waals surface area contributed by atoms with E-state index in [0.717, 1.165) is 4.68 Å². The van der Waals surface area contributed by atoms with Crippen LogP contribution in [0.3, 0.4) is 0 Å². The van der Waals surface area contributed by atoms with Gasteiger partial charge in [-0.25, -0.2) is 14.1 Å². The van der Waals surface area contributed by atoms with Crippen molar-refractivity contribution >= 4 is 22.7 Å². The molecule has 0 radical (unpaired) electrons. The molecule has 0 saturated heterocycles. The van der Waals surface area contributed by atoms with Crippen molar-refractivity contribution < 1.29 is 18.6 Å². The fourth-order valence-corrected chi connectivity index (χ4v) is 3.16. The molecule has 3 rings (SSSR count). The van der Waals surface area contributed by atoms with E-state index < -0.39 is 0 Å². The number of hydrogen-bond acceptors (Lipinski definition) is 7. The minimum Gasteiger partial charge on any atom is -0.493 e. The third-order valence-corrected chi connectivity index (χ3v) is 4.69. The zero-order valence-electron chi connectivity index (χ0n) is 14.8. The number of benzene rings is 2. The average molecular weight is 391 g/mol. The Bertz CT molecular complexity index is 1010. The number of hydrogen-bond donors (Lipinski definition) is 1. The lowest BCUT2D eigenvalue weighted by molar-refractivity contribution is 0.343. The van der Waals surface area contributed by atoms with Gasteiger partial charge in [0.05, 0.1) is 31.7 Å². The Morgan fingerprint density at radius 1 is 1.15 bits per heavy atom. The molecule has 27 heavy (non-hydrogen) atoms. The summed E-state index contributed by atoms with van der Waals surface area (Å²) in [5.41, 5.74) is 0.0733. The van der Waals surface area contributed by atoms with E-state index >= 15 is 0 Å². The smallest absolute Gasteiger partial charge is 0.280 e. The minimum atomic E-state index is -0.386. The van der Waals surface area contributed by atoms with Crippen molar-refractivity contribution in [2.45, 2.75) is 5.16 Å². The Morgan fingerprint density at radius 3 is 2.48 bits per heavy atom. The number of rotatable bonds is 7. The number of thioether (sulfide) groups is 1. The number of ether oxygens (including phenoxy) is 3. The van der Waals surface area contributed by atoms with E-state index in [2.05, 4.69) is 4.98 Å². The van der Waals surface area contributed by atoms with E-state index in [9.17, 15) is 9.18 Å². The van der Waals surface area contributed by atoms with Gasteiger partial charge in [-0.2, -0.15) is 0 Å². The van der Waals surface area contributed by atoms with Crippen molar-refractivity contribution in [3.63, 3.8) is 0 Å². The molecule has 0 spiro atoms. The second-order valence-corrected chi connectivity index (χ2v) is 6.51. The van der Waals surface area contributed by atoms with Gasteiger partial charge in [-0.05, 0) is 30.3 Å². The first-order valence-corrected chi connectivity index (χ1v) is 8.97. The SMILES string of the molecule is COc1cc2nc(SCCOc3ccc(F)cc3)n(N)c(=O)c2cc1OC. The van der Waals surface area contributed by atoms with Gasteiger partial charge in [0.2, 0.25) is 0 Å². The molecule has 0 amide bonds.